The minimum atomic E-state index is -3.35. The number of nitrogens with zero attached hydrogens (tertiary/aromatic N) is 2. The van der Waals surface area contributed by atoms with E-state index < -0.39 is 10.0 Å². The molecule has 0 saturated carbocycles. The third-order valence-electron chi connectivity index (χ3n) is 4.14. The standard InChI is InChI=1S/C15H23N3O3S/c1-3-22(20,21)17(2)11-15(19)18-9-13(14(16)10-18)12-7-5-4-6-8-12/h4-8,13-14H,3,9-11,16H2,1-2H3/t13-,14+/m0/s1. The van der Waals surface area contributed by atoms with Gasteiger partial charge in [0.15, 0.2) is 0 Å². The van der Waals surface area contributed by atoms with Gasteiger partial charge in [-0.3, -0.25) is 4.79 Å². The molecule has 22 heavy (non-hydrogen) atoms. The van der Waals surface area contributed by atoms with E-state index in [1.807, 2.05) is 30.3 Å². The van der Waals surface area contributed by atoms with Gasteiger partial charge >= 0.3 is 0 Å². The minimum absolute atomic E-state index is 0.0110. The molecule has 0 aliphatic carbocycles. The maximum atomic E-state index is 12.3. The quantitative estimate of drug-likeness (QED) is 0.839. The second-order valence-corrected chi connectivity index (χ2v) is 8.00. The molecule has 0 bridgehead atoms. The van der Waals surface area contributed by atoms with Gasteiger partial charge in [-0.1, -0.05) is 30.3 Å². The highest BCUT2D eigenvalue weighted by Gasteiger charge is 2.34. The molecule has 1 fully saturated rings. The number of rotatable bonds is 5. The van der Waals surface area contributed by atoms with Crippen LogP contribution < -0.4 is 5.73 Å². The topological polar surface area (TPSA) is 83.7 Å². The fourth-order valence-electron chi connectivity index (χ4n) is 2.69. The van der Waals surface area contributed by atoms with Crippen LogP contribution in [0.5, 0.6) is 0 Å². The molecule has 1 aromatic rings. The van der Waals surface area contributed by atoms with Crippen molar-refractivity contribution in [1.29, 1.82) is 0 Å². The van der Waals surface area contributed by atoms with Crippen molar-refractivity contribution in [3.05, 3.63) is 35.9 Å². The lowest BCUT2D eigenvalue weighted by Crippen LogP contribution is -2.41. The van der Waals surface area contributed by atoms with E-state index in [2.05, 4.69) is 0 Å². The van der Waals surface area contributed by atoms with Crippen LogP contribution in [0.15, 0.2) is 30.3 Å². The highest BCUT2D eigenvalue weighted by Crippen LogP contribution is 2.26. The zero-order valence-corrected chi connectivity index (χ0v) is 13.8. The van der Waals surface area contributed by atoms with Crippen LogP contribution in [-0.2, 0) is 14.8 Å². The van der Waals surface area contributed by atoms with Gasteiger partial charge in [0.2, 0.25) is 15.9 Å². The maximum absolute atomic E-state index is 12.3. The lowest BCUT2D eigenvalue weighted by Gasteiger charge is -2.21. The van der Waals surface area contributed by atoms with Gasteiger partial charge < -0.3 is 10.6 Å². The Morgan fingerprint density at radius 3 is 2.55 bits per heavy atom. The normalized spacial score (nSPS) is 22.3. The van der Waals surface area contributed by atoms with Gasteiger partial charge in [0.05, 0.1) is 12.3 Å². The predicted molar refractivity (Wildman–Crippen MR) is 85.8 cm³/mol. The molecule has 122 valence electrons. The summed E-state index contributed by atoms with van der Waals surface area (Å²) in [6, 6.07) is 9.73. The van der Waals surface area contributed by atoms with Crippen LogP contribution in [0.1, 0.15) is 18.4 Å². The highest BCUT2D eigenvalue weighted by molar-refractivity contribution is 7.89. The number of amides is 1. The smallest absolute Gasteiger partial charge is 0.237 e. The third-order valence-corrected chi connectivity index (χ3v) is 5.95. The Labute approximate surface area is 131 Å². The van der Waals surface area contributed by atoms with Gasteiger partial charge in [0.25, 0.3) is 0 Å². The summed E-state index contributed by atoms with van der Waals surface area (Å²) in [7, 11) is -1.92. The van der Waals surface area contributed by atoms with Gasteiger partial charge in [-0.15, -0.1) is 0 Å². The number of nitrogens with two attached hydrogens (primary N) is 1. The van der Waals surface area contributed by atoms with Gasteiger partial charge in [0, 0.05) is 32.1 Å². The molecule has 0 spiro atoms. The summed E-state index contributed by atoms with van der Waals surface area (Å²) in [5.74, 6) is -0.116. The maximum Gasteiger partial charge on any atom is 0.237 e. The van der Waals surface area contributed by atoms with Gasteiger partial charge in [-0.25, -0.2) is 8.42 Å². The molecule has 0 aromatic heterocycles. The monoisotopic (exact) mass is 325 g/mol. The lowest BCUT2D eigenvalue weighted by atomic mass is 9.95. The Hall–Kier alpha value is -1.44. The Bertz CT molecular complexity index is 618. The van der Waals surface area contributed by atoms with Crippen LogP contribution in [0.2, 0.25) is 0 Å². The van der Waals surface area contributed by atoms with E-state index in [0.717, 1.165) is 9.87 Å². The molecule has 0 radical (unpaired) electrons. The molecule has 2 rings (SSSR count). The van der Waals surface area contributed by atoms with E-state index in [0.29, 0.717) is 13.1 Å². The fourth-order valence-corrected chi connectivity index (χ4v) is 3.44. The Morgan fingerprint density at radius 1 is 1.32 bits per heavy atom. The van der Waals surface area contributed by atoms with Crippen molar-refractivity contribution in [2.24, 2.45) is 5.73 Å². The van der Waals surface area contributed by atoms with Gasteiger partial charge in [-0.2, -0.15) is 4.31 Å². The molecule has 6 nitrogen and oxygen atoms in total. The summed E-state index contributed by atoms with van der Waals surface area (Å²) in [5.41, 5.74) is 7.27. The summed E-state index contributed by atoms with van der Waals surface area (Å²) in [4.78, 5) is 14.0. The molecule has 1 amide bonds. The van der Waals surface area contributed by atoms with Crippen LogP contribution >= 0.6 is 0 Å². The van der Waals surface area contributed by atoms with Crippen LogP contribution in [0.4, 0.5) is 0 Å². The third kappa shape index (κ3) is 3.66. The minimum Gasteiger partial charge on any atom is -0.339 e. The summed E-state index contributed by atoms with van der Waals surface area (Å²) in [6.07, 6.45) is 0. The highest BCUT2D eigenvalue weighted by atomic mass is 32.2. The van der Waals surface area contributed by atoms with Crippen LogP contribution in [-0.4, -0.2) is 62.0 Å². The first-order chi connectivity index (χ1) is 10.3. The first kappa shape index (κ1) is 16.9. The van der Waals surface area contributed by atoms with Crippen molar-refractivity contribution in [2.75, 3.05) is 32.4 Å². The largest absolute Gasteiger partial charge is 0.339 e. The van der Waals surface area contributed by atoms with Crippen molar-refractivity contribution in [2.45, 2.75) is 18.9 Å². The van der Waals surface area contributed by atoms with Gasteiger partial charge in [0.1, 0.15) is 0 Å². The molecule has 1 heterocycles. The zero-order valence-electron chi connectivity index (χ0n) is 13.0. The second kappa shape index (κ2) is 6.76. The number of sulfonamides is 1. The summed E-state index contributed by atoms with van der Waals surface area (Å²) < 4.78 is 24.6. The zero-order chi connectivity index (χ0) is 16.3. The lowest BCUT2D eigenvalue weighted by molar-refractivity contribution is -0.130. The molecule has 1 aliphatic rings. The van der Waals surface area contributed by atoms with Gasteiger partial charge in [-0.05, 0) is 12.5 Å². The van der Waals surface area contributed by atoms with Crippen molar-refractivity contribution in [3.8, 4) is 0 Å². The van der Waals surface area contributed by atoms with E-state index in [1.54, 1.807) is 11.8 Å². The Balaban J connectivity index is 2.02. The van der Waals surface area contributed by atoms with Crippen molar-refractivity contribution in [3.63, 3.8) is 0 Å². The van der Waals surface area contributed by atoms with E-state index in [-0.39, 0.29) is 30.2 Å². The molecule has 7 heteroatoms. The molecular formula is C15H23N3O3S. The molecule has 2 atom stereocenters. The molecule has 1 aliphatic heterocycles. The molecule has 0 unspecified atom stereocenters. The second-order valence-electron chi connectivity index (χ2n) is 5.64. The summed E-state index contributed by atoms with van der Waals surface area (Å²) >= 11 is 0. The summed E-state index contributed by atoms with van der Waals surface area (Å²) in [6.45, 7) is 2.42. The number of hydrogen-bond acceptors (Lipinski definition) is 4. The van der Waals surface area contributed by atoms with Crippen LogP contribution in [0.3, 0.4) is 0 Å². The summed E-state index contributed by atoms with van der Waals surface area (Å²) in [5, 5.41) is 0. The van der Waals surface area contributed by atoms with E-state index in [1.165, 1.54) is 7.05 Å². The number of carbonyl (C=O) groups is 1. The van der Waals surface area contributed by atoms with Crippen LogP contribution in [0.25, 0.3) is 0 Å². The fraction of sp³-hybridized carbons (Fsp3) is 0.533. The Morgan fingerprint density at radius 2 is 1.95 bits per heavy atom. The molecule has 1 aromatic carbocycles. The SMILES string of the molecule is CCS(=O)(=O)N(C)CC(=O)N1C[C@@H](N)[C@H](c2ccccc2)C1. The Kier molecular flexibility index (Phi) is 5.20. The molecule has 2 N–H and O–H groups in total. The average Bonchev–Trinajstić information content (AvgIpc) is 2.90. The number of hydrogen-bond donors (Lipinski definition) is 1. The van der Waals surface area contributed by atoms with Crippen molar-refractivity contribution >= 4 is 15.9 Å². The molecule has 1 saturated heterocycles. The number of carbonyl (C=O) groups excluding carboxylic acids is 1. The number of benzene rings is 1. The number of likely N-dealkylation sites (tertiary alicyclic amines) is 1. The molecular weight excluding hydrogens is 302 g/mol. The first-order valence-corrected chi connectivity index (χ1v) is 8.98. The average molecular weight is 325 g/mol. The van der Waals surface area contributed by atoms with E-state index >= 15 is 0 Å². The van der Waals surface area contributed by atoms with E-state index in [9.17, 15) is 13.2 Å². The van der Waals surface area contributed by atoms with E-state index in [4.69, 9.17) is 5.73 Å². The first-order valence-electron chi connectivity index (χ1n) is 7.37. The number of likely N-dealkylation sites (N-methyl/N-ethyl adjacent to an activating group) is 1. The predicted octanol–water partition coefficient (Wildman–Crippen LogP) is 0.221. The van der Waals surface area contributed by atoms with Crippen molar-refractivity contribution in [1.82, 2.24) is 9.21 Å². The van der Waals surface area contributed by atoms with Crippen LogP contribution in [0, 0.1) is 0 Å². The van der Waals surface area contributed by atoms with Crippen molar-refractivity contribution < 1.29 is 13.2 Å².